The second kappa shape index (κ2) is 4.38. The third kappa shape index (κ3) is 1.95. The van der Waals surface area contributed by atoms with Crippen LogP contribution in [0.3, 0.4) is 0 Å². The fourth-order valence-corrected chi connectivity index (χ4v) is 2.82. The van der Waals surface area contributed by atoms with E-state index >= 15 is 0 Å². The average Bonchev–Trinajstić information content (AvgIpc) is 2.75. The Kier molecular flexibility index (Phi) is 3.14. The molecular formula is C10H14N2O2S. The number of aromatic nitrogens is 1. The van der Waals surface area contributed by atoms with E-state index in [9.17, 15) is 10.2 Å². The topological polar surface area (TPSA) is 65.4 Å². The predicted molar refractivity (Wildman–Crippen MR) is 59.8 cm³/mol. The van der Waals surface area contributed by atoms with Gasteiger partial charge in [-0.15, -0.1) is 11.8 Å². The number of aliphatic hydroxyl groups is 1. The number of pyridine rings is 1. The van der Waals surface area contributed by atoms with E-state index in [1.807, 2.05) is 0 Å². The van der Waals surface area contributed by atoms with Crippen molar-refractivity contribution >= 4 is 11.8 Å². The summed E-state index contributed by atoms with van der Waals surface area (Å²) in [6, 6.07) is 0. The smallest absolute Gasteiger partial charge is 0.142 e. The Morgan fingerprint density at radius 1 is 1.67 bits per heavy atom. The molecule has 0 amide bonds. The Bertz CT molecular complexity index is 365. The van der Waals surface area contributed by atoms with Crippen LogP contribution in [0.15, 0.2) is 6.20 Å². The van der Waals surface area contributed by atoms with Crippen LogP contribution in [0, 0.1) is 6.92 Å². The lowest BCUT2D eigenvalue weighted by atomic mass is 10.1. The van der Waals surface area contributed by atoms with Crippen molar-refractivity contribution in [1.29, 1.82) is 0 Å². The van der Waals surface area contributed by atoms with E-state index in [1.54, 1.807) is 24.9 Å². The normalized spacial score (nSPS) is 20.8. The van der Waals surface area contributed by atoms with E-state index in [2.05, 4.69) is 10.3 Å². The third-order valence-corrected chi connectivity index (χ3v) is 3.68. The summed E-state index contributed by atoms with van der Waals surface area (Å²) in [5, 5.41) is 22.5. The van der Waals surface area contributed by atoms with Crippen LogP contribution in [0.4, 0.5) is 0 Å². The molecule has 0 bridgehead atoms. The monoisotopic (exact) mass is 226 g/mol. The molecule has 82 valence electrons. The minimum absolute atomic E-state index is 0.0776. The molecule has 5 heteroatoms. The number of hydrogen-bond donors (Lipinski definition) is 3. The van der Waals surface area contributed by atoms with Crippen LogP contribution < -0.4 is 5.32 Å². The summed E-state index contributed by atoms with van der Waals surface area (Å²) in [6.07, 6.45) is 1.63. The van der Waals surface area contributed by atoms with Gasteiger partial charge in [0.1, 0.15) is 5.75 Å². The molecule has 0 aromatic carbocycles. The molecule has 0 radical (unpaired) electrons. The van der Waals surface area contributed by atoms with Crippen molar-refractivity contribution in [3.8, 4) is 5.75 Å². The van der Waals surface area contributed by atoms with Crippen LogP contribution in [0.1, 0.15) is 22.2 Å². The Balaban J connectivity index is 2.45. The summed E-state index contributed by atoms with van der Waals surface area (Å²) < 4.78 is 0. The summed E-state index contributed by atoms with van der Waals surface area (Å²) in [5.41, 5.74) is 2.09. The molecule has 15 heavy (non-hydrogen) atoms. The number of nitrogens with one attached hydrogen (secondary N) is 1. The van der Waals surface area contributed by atoms with Gasteiger partial charge in [0.2, 0.25) is 0 Å². The van der Waals surface area contributed by atoms with E-state index in [0.717, 1.165) is 17.9 Å². The van der Waals surface area contributed by atoms with Crippen molar-refractivity contribution in [1.82, 2.24) is 10.3 Å². The minimum atomic E-state index is -0.0884. The Labute approximate surface area is 92.7 Å². The molecule has 2 heterocycles. The number of rotatable bonds is 2. The minimum Gasteiger partial charge on any atom is -0.506 e. The molecule has 1 unspecified atom stereocenters. The molecule has 4 nitrogen and oxygen atoms in total. The highest BCUT2D eigenvalue weighted by Crippen LogP contribution is 2.38. The molecule has 1 saturated heterocycles. The van der Waals surface area contributed by atoms with E-state index in [0.29, 0.717) is 11.3 Å². The fraction of sp³-hybridized carbons (Fsp3) is 0.500. The summed E-state index contributed by atoms with van der Waals surface area (Å²) in [5.74, 6) is 1.23. The Morgan fingerprint density at radius 2 is 2.47 bits per heavy atom. The molecule has 1 atom stereocenters. The molecule has 1 aromatic rings. The number of aliphatic hydroxyl groups excluding tert-OH is 1. The maximum atomic E-state index is 9.94. The maximum Gasteiger partial charge on any atom is 0.142 e. The number of aryl methyl sites for hydroxylation is 1. The first-order valence-electron chi connectivity index (χ1n) is 4.87. The zero-order valence-electron chi connectivity index (χ0n) is 8.53. The van der Waals surface area contributed by atoms with E-state index < -0.39 is 0 Å². The van der Waals surface area contributed by atoms with Crippen molar-refractivity contribution in [2.45, 2.75) is 18.9 Å². The number of nitrogens with zero attached hydrogens (tertiary/aromatic N) is 1. The molecule has 0 spiro atoms. The van der Waals surface area contributed by atoms with Crippen LogP contribution in [0.5, 0.6) is 5.75 Å². The van der Waals surface area contributed by atoms with Crippen LogP contribution in [0.25, 0.3) is 0 Å². The second-order valence-corrected chi connectivity index (χ2v) is 4.71. The first-order valence-corrected chi connectivity index (χ1v) is 5.92. The van der Waals surface area contributed by atoms with Gasteiger partial charge in [0.25, 0.3) is 0 Å². The van der Waals surface area contributed by atoms with Gasteiger partial charge in [-0.25, -0.2) is 0 Å². The summed E-state index contributed by atoms with van der Waals surface area (Å²) in [7, 11) is 0. The first-order chi connectivity index (χ1) is 7.24. The van der Waals surface area contributed by atoms with Gasteiger partial charge >= 0.3 is 0 Å². The highest BCUT2D eigenvalue weighted by molar-refractivity contribution is 7.99. The zero-order chi connectivity index (χ0) is 10.8. The third-order valence-electron chi connectivity index (χ3n) is 2.51. The van der Waals surface area contributed by atoms with E-state index in [-0.39, 0.29) is 17.7 Å². The quantitative estimate of drug-likeness (QED) is 0.700. The van der Waals surface area contributed by atoms with Crippen LogP contribution in [0.2, 0.25) is 0 Å². The van der Waals surface area contributed by atoms with E-state index in [4.69, 9.17) is 0 Å². The predicted octanol–water partition coefficient (Wildman–Crippen LogP) is 0.923. The summed E-state index contributed by atoms with van der Waals surface area (Å²) >= 11 is 1.74. The molecule has 0 saturated carbocycles. The molecular weight excluding hydrogens is 212 g/mol. The zero-order valence-corrected chi connectivity index (χ0v) is 9.34. The lowest BCUT2D eigenvalue weighted by molar-refractivity contribution is 0.278. The highest BCUT2D eigenvalue weighted by atomic mass is 32.2. The second-order valence-electron chi connectivity index (χ2n) is 3.49. The highest BCUT2D eigenvalue weighted by Gasteiger charge is 2.24. The van der Waals surface area contributed by atoms with Crippen molar-refractivity contribution in [3.05, 3.63) is 23.0 Å². The fourth-order valence-electron chi connectivity index (χ4n) is 1.68. The van der Waals surface area contributed by atoms with Gasteiger partial charge < -0.3 is 15.5 Å². The van der Waals surface area contributed by atoms with Gasteiger partial charge in [0, 0.05) is 29.6 Å². The molecule has 1 fully saturated rings. The van der Waals surface area contributed by atoms with Crippen LogP contribution in [-0.4, -0.2) is 27.5 Å². The van der Waals surface area contributed by atoms with Crippen LogP contribution >= 0.6 is 11.8 Å². The maximum absolute atomic E-state index is 9.94. The average molecular weight is 226 g/mol. The van der Waals surface area contributed by atoms with Gasteiger partial charge in [-0.2, -0.15) is 0 Å². The molecule has 2 rings (SSSR count). The number of aromatic hydroxyl groups is 1. The van der Waals surface area contributed by atoms with Gasteiger partial charge in [-0.05, 0) is 6.92 Å². The first kappa shape index (κ1) is 10.7. The van der Waals surface area contributed by atoms with Gasteiger partial charge in [0.15, 0.2) is 0 Å². The van der Waals surface area contributed by atoms with Crippen molar-refractivity contribution in [2.75, 3.05) is 12.3 Å². The standard InChI is InChI=1S/C10H14N2O2S/c1-6-9(14)8(7(5-13)4-12-6)10-11-2-3-15-10/h4,10-11,13-14H,2-3,5H2,1H3. The van der Waals surface area contributed by atoms with Crippen molar-refractivity contribution in [3.63, 3.8) is 0 Å². The molecule has 3 N–H and O–H groups in total. The lowest BCUT2D eigenvalue weighted by Crippen LogP contribution is -2.14. The Morgan fingerprint density at radius 3 is 3.07 bits per heavy atom. The van der Waals surface area contributed by atoms with E-state index in [1.165, 1.54) is 0 Å². The van der Waals surface area contributed by atoms with Crippen LogP contribution in [-0.2, 0) is 6.61 Å². The molecule has 0 aliphatic carbocycles. The molecule has 1 aliphatic heterocycles. The Hall–Kier alpha value is -0.780. The van der Waals surface area contributed by atoms with Gasteiger partial charge in [-0.1, -0.05) is 0 Å². The van der Waals surface area contributed by atoms with Gasteiger partial charge in [0.05, 0.1) is 17.7 Å². The summed E-state index contributed by atoms with van der Waals surface area (Å²) in [4.78, 5) is 4.03. The molecule has 1 aromatic heterocycles. The number of thioether (sulfide) groups is 1. The van der Waals surface area contributed by atoms with Crippen molar-refractivity contribution in [2.24, 2.45) is 0 Å². The van der Waals surface area contributed by atoms with Crippen molar-refractivity contribution < 1.29 is 10.2 Å². The molecule has 1 aliphatic rings. The lowest BCUT2D eigenvalue weighted by Gasteiger charge is -2.16. The number of hydrogen-bond acceptors (Lipinski definition) is 5. The SMILES string of the molecule is Cc1ncc(CO)c(C2NCCS2)c1O. The largest absolute Gasteiger partial charge is 0.506 e. The van der Waals surface area contributed by atoms with Gasteiger partial charge in [-0.3, -0.25) is 4.98 Å². The summed E-state index contributed by atoms with van der Waals surface area (Å²) in [6.45, 7) is 2.61.